The number of carbonyl (C=O) groups is 3. The summed E-state index contributed by atoms with van der Waals surface area (Å²) in [5.74, 6) is -0.590. The Morgan fingerprint density at radius 2 is 1.73 bits per heavy atom. The molecule has 1 atom stereocenters. The predicted molar refractivity (Wildman–Crippen MR) is 112 cm³/mol. The van der Waals surface area contributed by atoms with E-state index in [-0.39, 0.29) is 11.6 Å². The number of para-hydroxylation sites is 1. The standard InChI is InChI=1S/C22H24N4O4/c1-13(2)23-22(29)25-20(27)14(3)30-21(28)16-10-11-19-18(12-16)24-15(4)26(19)17-8-6-5-7-9-17/h5-14H,1-4H3,(H2,23,25,27,29). The average Bonchev–Trinajstić information content (AvgIpc) is 3.02. The van der Waals surface area contributed by atoms with Crippen LogP contribution < -0.4 is 10.6 Å². The normalized spacial score (nSPS) is 11.9. The zero-order valence-corrected chi connectivity index (χ0v) is 17.3. The number of hydrogen-bond donors (Lipinski definition) is 2. The van der Waals surface area contributed by atoms with Gasteiger partial charge < -0.3 is 10.1 Å². The highest BCUT2D eigenvalue weighted by atomic mass is 16.5. The smallest absolute Gasteiger partial charge is 0.338 e. The Bertz CT molecular complexity index is 1090. The number of fused-ring (bicyclic) bond motifs is 1. The summed E-state index contributed by atoms with van der Waals surface area (Å²) >= 11 is 0. The van der Waals surface area contributed by atoms with Gasteiger partial charge in [-0.05, 0) is 58.0 Å². The summed E-state index contributed by atoms with van der Waals surface area (Å²) in [6, 6.07) is 14.1. The summed E-state index contributed by atoms with van der Waals surface area (Å²) in [5, 5.41) is 4.68. The van der Waals surface area contributed by atoms with Gasteiger partial charge in [0.2, 0.25) is 0 Å². The predicted octanol–water partition coefficient (Wildman–Crippen LogP) is 3.11. The molecule has 3 amide bonds. The number of imide groups is 1. The van der Waals surface area contributed by atoms with Crippen LogP contribution in [0.2, 0.25) is 0 Å². The van der Waals surface area contributed by atoms with Crippen LogP contribution in [0, 0.1) is 6.92 Å². The molecule has 156 valence electrons. The van der Waals surface area contributed by atoms with Gasteiger partial charge in [-0.15, -0.1) is 0 Å². The minimum absolute atomic E-state index is 0.124. The highest BCUT2D eigenvalue weighted by molar-refractivity contribution is 5.99. The zero-order valence-electron chi connectivity index (χ0n) is 17.3. The molecular weight excluding hydrogens is 384 g/mol. The minimum Gasteiger partial charge on any atom is -0.449 e. The van der Waals surface area contributed by atoms with E-state index in [4.69, 9.17) is 4.74 Å². The van der Waals surface area contributed by atoms with Crippen LogP contribution in [0.5, 0.6) is 0 Å². The van der Waals surface area contributed by atoms with Gasteiger partial charge in [-0.25, -0.2) is 14.6 Å². The van der Waals surface area contributed by atoms with Gasteiger partial charge >= 0.3 is 12.0 Å². The van der Waals surface area contributed by atoms with Crippen molar-refractivity contribution in [3.8, 4) is 5.69 Å². The van der Waals surface area contributed by atoms with E-state index in [1.807, 2.05) is 41.8 Å². The van der Waals surface area contributed by atoms with Crippen LogP contribution in [0.15, 0.2) is 48.5 Å². The maximum absolute atomic E-state index is 12.5. The lowest BCUT2D eigenvalue weighted by Crippen LogP contribution is -2.46. The van der Waals surface area contributed by atoms with Crippen molar-refractivity contribution in [1.29, 1.82) is 0 Å². The van der Waals surface area contributed by atoms with E-state index in [1.165, 1.54) is 6.92 Å². The SMILES string of the molecule is Cc1nc2cc(C(=O)OC(C)C(=O)NC(=O)NC(C)C)ccc2n1-c1ccccc1. The third-order valence-electron chi connectivity index (χ3n) is 4.38. The first-order chi connectivity index (χ1) is 14.3. The number of rotatable bonds is 5. The molecule has 30 heavy (non-hydrogen) atoms. The number of esters is 1. The van der Waals surface area contributed by atoms with Crippen molar-refractivity contribution in [3.05, 3.63) is 59.9 Å². The third-order valence-corrected chi connectivity index (χ3v) is 4.38. The fraction of sp³-hybridized carbons (Fsp3) is 0.273. The summed E-state index contributed by atoms with van der Waals surface area (Å²) in [5.41, 5.74) is 2.73. The van der Waals surface area contributed by atoms with E-state index in [0.29, 0.717) is 5.52 Å². The highest BCUT2D eigenvalue weighted by Gasteiger charge is 2.22. The van der Waals surface area contributed by atoms with E-state index in [9.17, 15) is 14.4 Å². The molecule has 0 fully saturated rings. The van der Waals surface area contributed by atoms with E-state index in [0.717, 1.165) is 17.0 Å². The average molecular weight is 408 g/mol. The quantitative estimate of drug-likeness (QED) is 0.632. The number of amides is 3. The molecule has 3 rings (SSSR count). The molecular formula is C22H24N4O4. The second-order valence-electron chi connectivity index (χ2n) is 7.20. The summed E-state index contributed by atoms with van der Waals surface area (Å²) < 4.78 is 7.20. The minimum atomic E-state index is -1.13. The lowest BCUT2D eigenvalue weighted by molar-refractivity contribution is -0.127. The molecule has 2 N–H and O–H groups in total. The van der Waals surface area contributed by atoms with E-state index in [2.05, 4.69) is 15.6 Å². The monoisotopic (exact) mass is 408 g/mol. The van der Waals surface area contributed by atoms with Gasteiger partial charge in [-0.3, -0.25) is 14.7 Å². The maximum Gasteiger partial charge on any atom is 0.338 e. The number of benzene rings is 2. The number of nitrogens with one attached hydrogen (secondary N) is 2. The van der Waals surface area contributed by atoms with Crippen LogP contribution in [-0.4, -0.2) is 39.6 Å². The Labute approximate surface area is 174 Å². The van der Waals surface area contributed by atoms with Gasteiger partial charge in [0, 0.05) is 11.7 Å². The lowest BCUT2D eigenvalue weighted by atomic mass is 10.2. The number of imidazole rings is 1. The fourth-order valence-corrected chi connectivity index (χ4v) is 3.02. The third kappa shape index (κ3) is 4.65. The van der Waals surface area contributed by atoms with Crippen LogP contribution in [-0.2, 0) is 9.53 Å². The van der Waals surface area contributed by atoms with Crippen molar-refractivity contribution in [2.24, 2.45) is 0 Å². The van der Waals surface area contributed by atoms with Crippen molar-refractivity contribution in [2.75, 3.05) is 0 Å². The van der Waals surface area contributed by atoms with Crippen molar-refractivity contribution in [3.63, 3.8) is 0 Å². The number of aromatic nitrogens is 2. The van der Waals surface area contributed by atoms with Gasteiger partial charge in [0.1, 0.15) is 5.82 Å². The molecule has 0 saturated heterocycles. The number of carbonyl (C=O) groups excluding carboxylic acids is 3. The fourth-order valence-electron chi connectivity index (χ4n) is 3.02. The number of nitrogens with zero attached hydrogens (tertiary/aromatic N) is 2. The number of urea groups is 1. The first kappa shape index (κ1) is 21.0. The van der Waals surface area contributed by atoms with E-state index >= 15 is 0 Å². The van der Waals surface area contributed by atoms with Gasteiger partial charge in [0.25, 0.3) is 5.91 Å². The summed E-state index contributed by atoms with van der Waals surface area (Å²) in [4.78, 5) is 40.7. The van der Waals surface area contributed by atoms with Crippen LogP contribution in [0.3, 0.4) is 0 Å². The first-order valence-electron chi connectivity index (χ1n) is 9.63. The van der Waals surface area contributed by atoms with Crippen molar-refractivity contribution < 1.29 is 19.1 Å². The van der Waals surface area contributed by atoms with Gasteiger partial charge in [-0.2, -0.15) is 0 Å². The Morgan fingerprint density at radius 3 is 2.40 bits per heavy atom. The van der Waals surface area contributed by atoms with Crippen LogP contribution in [0.25, 0.3) is 16.7 Å². The topological polar surface area (TPSA) is 102 Å². The zero-order chi connectivity index (χ0) is 21.8. The van der Waals surface area contributed by atoms with Crippen LogP contribution >= 0.6 is 0 Å². The highest BCUT2D eigenvalue weighted by Crippen LogP contribution is 2.22. The molecule has 0 aliphatic rings. The summed E-state index contributed by atoms with van der Waals surface area (Å²) in [7, 11) is 0. The molecule has 0 spiro atoms. The van der Waals surface area contributed by atoms with Crippen molar-refractivity contribution in [1.82, 2.24) is 20.2 Å². The molecule has 8 heteroatoms. The molecule has 0 aliphatic heterocycles. The molecule has 3 aromatic rings. The van der Waals surface area contributed by atoms with Gasteiger partial charge in [0.05, 0.1) is 16.6 Å². The Kier molecular flexibility index (Phi) is 6.15. The van der Waals surface area contributed by atoms with Crippen molar-refractivity contribution in [2.45, 2.75) is 39.8 Å². The number of ether oxygens (including phenoxy) is 1. The Morgan fingerprint density at radius 1 is 1.03 bits per heavy atom. The Hall–Kier alpha value is -3.68. The molecule has 1 aromatic heterocycles. The molecule has 8 nitrogen and oxygen atoms in total. The van der Waals surface area contributed by atoms with Gasteiger partial charge in [0.15, 0.2) is 6.10 Å². The molecule has 0 radical (unpaired) electrons. The second-order valence-corrected chi connectivity index (χ2v) is 7.20. The Balaban J connectivity index is 1.75. The maximum atomic E-state index is 12.5. The number of hydrogen-bond acceptors (Lipinski definition) is 5. The molecule has 1 unspecified atom stereocenters. The first-order valence-corrected chi connectivity index (χ1v) is 9.63. The molecule has 2 aromatic carbocycles. The van der Waals surface area contributed by atoms with E-state index in [1.54, 1.807) is 32.0 Å². The van der Waals surface area contributed by atoms with Crippen molar-refractivity contribution >= 4 is 28.9 Å². The van der Waals surface area contributed by atoms with E-state index < -0.39 is 24.0 Å². The van der Waals surface area contributed by atoms with Gasteiger partial charge in [-0.1, -0.05) is 18.2 Å². The summed E-state index contributed by atoms with van der Waals surface area (Å²) in [6.07, 6.45) is -1.13. The molecule has 0 aliphatic carbocycles. The second kappa shape index (κ2) is 8.77. The largest absolute Gasteiger partial charge is 0.449 e. The molecule has 0 bridgehead atoms. The molecule has 1 heterocycles. The lowest BCUT2D eigenvalue weighted by Gasteiger charge is -2.14. The molecule has 0 saturated carbocycles. The summed E-state index contributed by atoms with van der Waals surface area (Å²) in [6.45, 7) is 6.83. The van der Waals surface area contributed by atoms with Crippen LogP contribution in [0.4, 0.5) is 4.79 Å². The van der Waals surface area contributed by atoms with Crippen LogP contribution in [0.1, 0.15) is 37.0 Å². The number of aryl methyl sites for hydroxylation is 1.